The number of nitro benzene ring substituents is 1. The normalized spacial score (nSPS) is 12.0. The van der Waals surface area contributed by atoms with Crippen molar-refractivity contribution in [1.29, 1.82) is 0 Å². The molecular formula is C19H17N7O2S. The van der Waals surface area contributed by atoms with Crippen LogP contribution in [0, 0.1) is 10.1 Å². The largest absolute Gasteiger partial charge is 0.341 e. The maximum atomic E-state index is 11.0. The third kappa shape index (κ3) is 2.83. The monoisotopic (exact) mass is 407 g/mol. The first-order valence-corrected chi connectivity index (χ1v) is 10.1. The molecule has 9 nitrogen and oxygen atoms in total. The highest BCUT2D eigenvalue weighted by Gasteiger charge is 2.19. The maximum Gasteiger partial charge on any atom is 0.271 e. The molecule has 0 atom stereocenters. The average Bonchev–Trinajstić information content (AvgIpc) is 3.37. The summed E-state index contributed by atoms with van der Waals surface area (Å²) in [6, 6.07) is 13.1. The van der Waals surface area contributed by atoms with Crippen molar-refractivity contribution in [3.05, 3.63) is 58.4 Å². The molecule has 0 spiro atoms. The predicted molar refractivity (Wildman–Crippen MR) is 111 cm³/mol. The van der Waals surface area contributed by atoms with Crippen LogP contribution in [0.1, 0.15) is 25.7 Å². The summed E-state index contributed by atoms with van der Waals surface area (Å²) in [6.45, 7) is 4.25. The number of para-hydroxylation sites is 2. The van der Waals surface area contributed by atoms with Crippen LogP contribution < -0.4 is 0 Å². The fourth-order valence-corrected chi connectivity index (χ4v) is 4.37. The van der Waals surface area contributed by atoms with Crippen LogP contribution in [0.3, 0.4) is 0 Å². The molecule has 0 fully saturated rings. The lowest BCUT2D eigenvalue weighted by atomic mass is 10.3. The number of rotatable bonds is 5. The number of imidazole rings is 2. The molecule has 2 aromatic carbocycles. The molecule has 3 heterocycles. The second-order valence-corrected chi connectivity index (χ2v) is 7.94. The predicted octanol–water partition coefficient (Wildman–Crippen LogP) is 4.34. The van der Waals surface area contributed by atoms with Gasteiger partial charge < -0.3 is 9.55 Å². The number of hydrogen-bond acceptors (Lipinski definition) is 6. The van der Waals surface area contributed by atoms with E-state index in [-0.39, 0.29) is 11.7 Å². The number of nitrogens with one attached hydrogen (secondary N) is 1. The van der Waals surface area contributed by atoms with E-state index in [0.29, 0.717) is 16.8 Å². The summed E-state index contributed by atoms with van der Waals surface area (Å²) >= 11 is 1.52. The first-order chi connectivity index (χ1) is 14.0. The van der Waals surface area contributed by atoms with Gasteiger partial charge in [-0.2, -0.15) is 0 Å². The van der Waals surface area contributed by atoms with Gasteiger partial charge in [-0.15, -0.1) is 10.2 Å². The van der Waals surface area contributed by atoms with E-state index in [1.807, 2.05) is 12.1 Å². The number of benzene rings is 2. The zero-order valence-electron chi connectivity index (χ0n) is 15.7. The van der Waals surface area contributed by atoms with Crippen molar-refractivity contribution in [1.82, 2.24) is 29.1 Å². The molecule has 0 aliphatic carbocycles. The van der Waals surface area contributed by atoms with Crippen LogP contribution in [0.4, 0.5) is 5.69 Å². The fourth-order valence-electron chi connectivity index (χ4n) is 3.56. The maximum absolute atomic E-state index is 11.0. The molecule has 10 heteroatoms. The lowest BCUT2D eigenvalue weighted by Gasteiger charge is -2.07. The summed E-state index contributed by atoms with van der Waals surface area (Å²) in [5.41, 5.74) is 3.57. The van der Waals surface area contributed by atoms with E-state index in [4.69, 9.17) is 0 Å². The minimum absolute atomic E-state index is 0.0426. The number of nitrogens with zero attached hydrogens (tertiary/aromatic N) is 6. The Kier molecular flexibility index (Phi) is 4.02. The lowest BCUT2D eigenvalue weighted by Crippen LogP contribution is -2.00. The van der Waals surface area contributed by atoms with Crippen molar-refractivity contribution in [2.75, 3.05) is 0 Å². The third-order valence-electron chi connectivity index (χ3n) is 4.79. The van der Waals surface area contributed by atoms with E-state index < -0.39 is 4.92 Å². The Morgan fingerprint density at radius 1 is 1.17 bits per heavy atom. The standard InChI is InChI=1S/C19H17N7O2S/c1-11(2)24-15-5-3-4-6-16(15)25-18(24)22-23-19(25)29-10-17-20-13-8-7-12(26(27)28)9-14(13)21-17/h3-9,11H,10H2,1-2H3,(H,20,21). The Labute approximate surface area is 168 Å². The molecule has 0 aliphatic rings. The first kappa shape index (κ1) is 17.7. The van der Waals surface area contributed by atoms with Gasteiger partial charge in [-0.25, -0.2) is 4.98 Å². The van der Waals surface area contributed by atoms with Crippen LogP contribution in [0.2, 0.25) is 0 Å². The number of non-ortho nitro benzene ring substituents is 1. The Morgan fingerprint density at radius 3 is 2.72 bits per heavy atom. The number of aromatic nitrogens is 6. The van der Waals surface area contributed by atoms with Crippen molar-refractivity contribution >= 4 is 45.3 Å². The van der Waals surface area contributed by atoms with Gasteiger partial charge in [0.15, 0.2) is 5.16 Å². The van der Waals surface area contributed by atoms with Gasteiger partial charge in [0.1, 0.15) is 5.82 Å². The van der Waals surface area contributed by atoms with E-state index in [2.05, 4.69) is 55.1 Å². The van der Waals surface area contributed by atoms with Gasteiger partial charge in [0.2, 0.25) is 5.78 Å². The third-order valence-corrected chi connectivity index (χ3v) is 5.73. The lowest BCUT2D eigenvalue weighted by molar-refractivity contribution is -0.384. The van der Waals surface area contributed by atoms with Gasteiger partial charge >= 0.3 is 0 Å². The zero-order valence-corrected chi connectivity index (χ0v) is 16.6. The van der Waals surface area contributed by atoms with Gasteiger partial charge in [-0.05, 0) is 32.0 Å². The Morgan fingerprint density at radius 2 is 1.97 bits per heavy atom. The minimum atomic E-state index is -0.411. The van der Waals surface area contributed by atoms with E-state index in [9.17, 15) is 10.1 Å². The number of fused-ring (bicyclic) bond motifs is 4. The Balaban J connectivity index is 1.50. The molecule has 0 radical (unpaired) electrons. The summed E-state index contributed by atoms with van der Waals surface area (Å²) < 4.78 is 4.24. The molecule has 0 saturated carbocycles. The van der Waals surface area contributed by atoms with Crippen molar-refractivity contribution < 1.29 is 4.92 Å². The summed E-state index contributed by atoms with van der Waals surface area (Å²) in [6.07, 6.45) is 0. The van der Waals surface area contributed by atoms with E-state index in [0.717, 1.165) is 27.8 Å². The van der Waals surface area contributed by atoms with Crippen LogP contribution in [-0.2, 0) is 5.75 Å². The number of thioether (sulfide) groups is 1. The van der Waals surface area contributed by atoms with E-state index in [1.54, 1.807) is 6.07 Å². The van der Waals surface area contributed by atoms with Crippen molar-refractivity contribution in [2.45, 2.75) is 30.8 Å². The van der Waals surface area contributed by atoms with Crippen LogP contribution in [0.5, 0.6) is 0 Å². The number of nitro groups is 1. The smallest absolute Gasteiger partial charge is 0.271 e. The molecule has 0 amide bonds. The minimum Gasteiger partial charge on any atom is -0.341 e. The highest BCUT2D eigenvalue weighted by Crippen LogP contribution is 2.30. The van der Waals surface area contributed by atoms with Crippen molar-refractivity contribution in [3.8, 4) is 0 Å². The Bertz CT molecular complexity index is 1380. The molecule has 5 rings (SSSR count). The Hall–Kier alpha value is -3.40. The van der Waals surface area contributed by atoms with E-state index >= 15 is 0 Å². The van der Waals surface area contributed by atoms with Crippen LogP contribution in [-0.4, -0.2) is 34.1 Å². The molecule has 1 N–H and O–H groups in total. The highest BCUT2D eigenvalue weighted by atomic mass is 32.2. The van der Waals surface area contributed by atoms with Gasteiger partial charge in [0.05, 0.1) is 32.7 Å². The van der Waals surface area contributed by atoms with E-state index in [1.165, 1.54) is 23.9 Å². The van der Waals surface area contributed by atoms with Crippen molar-refractivity contribution in [2.24, 2.45) is 0 Å². The summed E-state index contributed by atoms with van der Waals surface area (Å²) in [4.78, 5) is 18.2. The molecule has 5 aromatic rings. The molecule has 3 aromatic heterocycles. The van der Waals surface area contributed by atoms with Crippen LogP contribution in [0.15, 0.2) is 47.6 Å². The molecule has 0 bridgehead atoms. The fraction of sp³-hybridized carbons (Fsp3) is 0.211. The number of hydrogen-bond donors (Lipinski definition) is 1. The summed E-state index contributed by atoms with van der Waals surface area (Å²) in [7, 11) is 0. The van der Waals surface area contributed by atoms with Crippen molar-refractivity contribution in [3.63, 3.8) is 0 Å². The molecule has 0 aliphatic heterocycles. The highest BCUT2D eigenvalue weighted by molar-refractivity contribution is 7.98. The SMILES string of the molecule is CC(C)n1c2ccccc2n2c(SCc3nc4ccc([N+](=O)[O-])cc4[nH]3)nnc12. The van der Waals surface area contributed by atoms with Gasteiger partial charge in [0.25, 0.3) is 5.69 Å². The quantitative estimate of drug-likeness (QED) is 0.264. The average molecular weight is 407 g/mol. The molecule has 29 heavy (non-hydrogen) atoms. The van der Waals surface area contributed by atoms with Gasteiger partial charge in [0, 0.05) is 18.2 Å². The van der Waals surface area contributed by atoms with Gasteiger partial charge in [-0.1, -0.05) is 23.9 Å². The number of aromatic amines is 1. The topological polar surface area (TPSA) is 107 Å². The number of H-pyrrole nitrogens is 1. The molecular weight excluding hydrogens is 390 g/mol. The van der Waals surface area contributed by atoms with Crippen LogP contribution >= 0.6 is 11.8 Å². The summed E-state index contributed by atoms with van der Waals surface area (Å²) in [5.74, 6) is 2.09. The second-order valence-electron chi connectivity index (χ2n) is 7.00. The first-order valence-electron chi connectivity index (χ1n) is 9.13. The zero-order chi connectivity index (χ0) is 20.1. The van der Waals surface area contributed by atoms with Gasteiger partial charge in [-0.3, -0.25) is 14.5 Å². The molecule has 0 unspecified atom stereocenters. The molecule has 146 valence electrons. The van der Waals surface area contributed by atoms with Crippen LogP contribution in [0.25, 0.3) is 27.8 Å². The summed E-state index contributed by atoms with van der Waals surface area (Å²) in [5, 5.41) is 20.5. The molecule has 0 saturated heterocycles. The second kappa shape index (κ2) is 6.59.